The lowest BCUT2D eigenvalue weighted by molar-refractivity contribution is -0.125. The summed E-state index contributed by atoms with van der Waals surface area (Å²) in [5.41, 5.74) is 5.86. The van der Waals surface area contributed by atoms with E-state index in [2.05, 4.69) is 10.2 Å². The van der Waals surface area contributed by atoms with Crippen molar-refractivity contribution in [3.05, 3.63) is 0 Å². The summed E-state index contributed by atoms with van der Waals surface area (Å²) in [5.74, 6) is 0.0126. The van der Waals surface area contributed by atoms with Crippen LogP contribution in [0.4, 0.5) is 0 Å². The molecule has 0 aromatic heterocycles. The average molecular weight is 295 g/mol. The van der Waals surface area contributed by atoms with Crippen molar-refractivity contribution < 1.29 is 4.79 Å². The molecule has 1 aliphatic carbocycles. The van der Waals surface area contributed by atoms with Crippen LogP contribution in [0.25, 0.3) is 0 Å². The second-order valence-electron chi connectivity index (χ2n) is 7.95. The fraction of sp³-hybridized carbons (Fsp3) is 0.941. The molecule has 4 heteroatoms. The van der Waals surface area contributed by atoms with Crippen LogP contribution >= 0.6 is 0 Å². The number of hydrogen-bond donors (Lipinski definition) is 2. The van der Waals surface area contributed by atoms with Gasteiger partial charge in [-0.2, -0.15) is 0 Å². The number of nitrogens with two attached hydrogens (primary N) is 1. The van der Waals surface area contributed by atoms with Crippen molar-refractivity contribution in [1.29, 1.82) is 0 Å². The fourth-order valence-corrected chi connectivity index (χ4v) is 3.54. The number of carbonyl (C=O) groups excluding carboxylic acids is 1. The lowest BCUT2D eigenvalue weighted by atomic mass is 9.86. The van der Waals surface area contributed by atoms with Gasteiger partial charge in [0.05, 0.1) is 6.04 Å². The summed E-state index contributed by atoms with van der Waals surface area (Å²) in [6.07, 6.45) is 9.06. The average Bonchev–Trinajstić information content (AvgIpc) is 2.47. The summed E-state index contributed by atoms with van der Waals surface area (Å²) in [6.45, 7) is 8.30. The number of piperidine rings is 1. The molecule has 1 aliphatic heterocycles. The first-order valence-corrected chi connectivity index (χ1v) is 8.68. The molecule has 0 radical (unpaired) electrons. The molecule has 1 saturated heterocycles. The number of nitrogens with one attached hydrogen (secondary N) is 1. The Morgan fingerprint density at radius 1 is 1.10 bits per heavy atom. The van der Waals surface area contributed by atoms with E-state index in [0.717, 1.165) is 32.0 Å². The molecule has 0 aromatic rings. The molecular formula is C17H33N3O. The maximum Gasteiger partial charge on any atom is 0.237 e. The zero-order chi connectivity index (χ0) is 15.5. The van der Waals surface area contributed by atoms with E-state index in [-0.39, 0.29) is 11.3 Å². The SMILES string of the molecule is CC(C)(C)[C@H](N)C(=O)NC1CCN(C2CCCCC2)CC1. The van der Waals surface area contributed by atoms with Gasteiger partial charge in [0.15, 0.2) is 0 Å². The second kappa shape index (κ2) is 7.10. The number of rotatable bonds is 3. The Bertz CT molecular complexity index is 336. The van der Waals surface area contributed by atoms with E-state index in [1.807, 2.05) is 20.8 Å². The highest BCUT2D eigenvalue weighted by Gasteiger charge is 2.31. The lowest BCUT2D eigenvalue weighted by Crippen LogP contribution is -2.54. The van der Waals surface area contributed by atoms with Crippen LogP contribution in [0.2, 0.25) is 0 Å². The standard InChI is InChI=1S/C17H33N3O/c1-17(2,3)15(18)16(21)19-13-9-11-20(12-10-13)14-7-5-4-6-8-14/h13-15H,4-12,18H2,1-3H3,(H,19,21)/t15-/m1/s1. The summed E-state index contributed by atoms with van der Waals surface area (Å²) in [4.78, 5) is 14.8. The normalized spacial score (nSPS) is 24.8. The Morgan fingerprint density at radius 3 is 2.19 bits per heavy atom. The van der Waals surface area contributed by atoms with Crippen LogP contribution in [0.3, 0.4) is 0 Å². The Kier molecular flexibility index (Phi) is 5.67. The van der Waals surface area contributed by atoms with Gasteiger partial charge in [-0.25, -0.2) is 0 Å². The van der Waals surface area contributed by atoms with Crippen molar-refractivity contribution in [2.45, 2.75) is 83.8 Å². The first-order valence-electron chi connectivity index (χ1n) is 8.68. The van der Waals surface area contributed by atoms with Gasteiger partial charge in [0.1, 0.15) is 0 Å². The molecule has 2 aliphatic rings. The minimum absolute atomic E-state index is 0.0126. The van der Waals surface area contributed by atoms with Crippen molar-refractivity contribution in [2.75, 3.05) is 13.1 Å². The fourth-order valence-electron chi connectivity index (χ4n) is 3.54. The maximum atomic E-state index is 12.2. The Labute approximate surface area is 129 Å². The van der Waals surface area contributed by atoms with Crippen LogP contribution < -0.4 is 11.1 Å². The molecule has 4 nitrogen and oxygen atoms in total. The second-order valence-corrected chi connectivity index (χ2v) is 7.95. The highest BCUT2D eigenvalue weighted by Crippen LogP contribution is 2.25. The van der Waals surface area contributed by atoms with Gasteiger partial charge in [-0.15, -0.1) is 0 Å². The summed E-state index contributed by atoms with van der Waals surface area (Å²) in [6, 6.07) is 0.687. The molecule has 1 amide bonds. The third kappa shape index (κ3) is 4.68. The highest BCUT2D eigenvalue weighted by molar-refractivity contribution is 5.82. The molecule has 21 heavy (non-hydrogen) atoms. The molecule has 1 heterocycles. The molecule has 2 rings (SSSR count). The minimum atomic E-state index is -0.422. The third-order valence-electron chi connectivity index (χ3n) is 5.18. The Balaban J connectivity index is 1.75. The summed E-state index contributed by atoms with van der Waals surface area (Å²) in [7, 11) is 0. The number of hydrogen-bond acceptors (Lipinski definition) is 3. The van der Waals surface area contributed by atoms with Crippen molar-refractivity contribution >= 4 is 5.91 Å². The van der Waals surface area contributed by atoms with Crippen LogP contribution in [0.1, 0.15) is 65.7 Å². The van der Waals surface area contributed by atoms with Gasteiger partial charge in [0, 0.05) is 25.2 Å². The number of carbonyl (C=O) groups is 1. The molecular weight excluding hydrogens is 262 g/mol. The van der Waals surface area contributed by atoms with E-state index in [4.69, 9.17) is 5.73 Å². The van der Waals surface area contributed by atoms with E-state index in [1.54, 1.807) is 0 Å². The zero-order valence-corrected chi connectivity index (χ0v) is 14.0. The number of likely N-dealkylation sites (tertiary alicyclic amines) is 1. The molecule has 122 valence electrons. The van der Waals surface area contributed by atoms with Gasteiger partial charge < -0.3 is 16.0 Å². The topological polar surface area (TPSA) is 58.4 Å². The maximum absolute atomic E-state index is 12.2. The first kappa shape index (κ1) is 16.8. The van der Waals surface area contributed by atoms with Gasteiger partial charge in [0.2, 0.25) is 5.91 Å². The predicted molar refractivity (Wildman–Crippen MR) is 87.0 cm³/mol. The minimum Gasteiger partial charge on any atom is -0.352 e. The third-order valence-corrected chi connectivity index (χ3v) is 5.18. The van der Waals surface area contributed by atoms with Crippen LogP contribution in [-0.2, 0) is 4.79 Å². The zero-order valence-electron chi connectivity index (χ0n) is 14.0. The molecule has 3 N–H and O–H groups in total. The van der Waals surface area contributed by atoms with Gasteiger partial charge in [-0.05, 0) is 31.1 Å². The smallest absolute Gasteiger partial charge is 0.237 e. The molecule has 2 fully saturated rings. The van der Waals surface area contributed by atoms with Crippen molar-refractivity contribution in [1.82, 2.24) is 10.2 Å². The van der Waals surface area contributed by atoms with E-state index >= 15 is 0 Å². The predicted octanol–water partition coefficient (Wildman–Crippen LogP) is 2.27. The molecule has 0 unspecified atom stereocenters. The van der Waals surface area contributed by atoms with E-state index in [0.29, 0.717) is 6.04 Å². The van der Waals surface area contributed by atoms with Crippen LogP contribution in [0, 0.1) is 5.41 Å². The first-order chi connectivity index (χ1) is 9.88. The number of nitrogens with zero attached hydrogens (tertiary/aromatic N) is 1. The van der Waals surface area contributed by atoms with Gasteiger partial charge >= 0.3 is 0 Å². The molecule has 1 atom stereocenters. The summed E-state index contributed by atoms with van der Waals surface area (Å²) < 4.78 is 0. The van der Waals surface area contributed by atoms with Crippen LogP contribution in [0.5, 0.6) is 0 Å². The summed E-state index contributed by atoms with van der Waals surface area (Å²) in [5, 5.41) is 3.16. The van der Waals surface area contributed by atoms with E-state index in [9.17, 15) is 4.79 Å². The molecule has 1 saturated carbocycles. The van der Waals surface area contributed by atoms with Crippen LogP contribution in [-0.4, -0.2) is 42.0 Å². The van der Waals surface area contributed by atoms with Crippen molar-refractivity contribution in [2.24, 2.45) is 11.1 Å². The van der Waals surface area contributed by atoms with E-state index in [1.165, 1.54) is 32.1 Å². The van der Waals surface area contributed by atoms with Crippen LogP contribution in [0.15, 0.2) is 0 Å². The van der Waals surface area contributed by atoms with Gasteiger partial charge in [0.25, 0.3) is 0 Å². The largest absolute Gasteiger partial charge is 0.352 e. The Hall–Kier alpha value is -0.610. The summed E-state index contributed by atoms with van der Waals surface area (Å²) >= 11 is 0. The van der Waals surface area contributed by atoms with Crippen molar-refractivity contribution in [3.8, 4) is 0 Å². The number of amides is 1. The Morgan fingerprint density at radius 2 is 1.67 bits per heavy atom. The van der Waals surface area contributed by atoms with E-state index < -0.39 is 6.04 Å². The van der Waals surface area contributed by atoms with Crippen molar-refractivity contribution in [3.63, 3.8) is 0 Å². The van der Waals surface area contributed by atoms with Gasteiger partial charge in [-0.1, -0.05) is 40.0 Å². The monoisotopic (exact) mass is 295 g/mol. The molecule has 0 spiro atoms. The lowest BCUT2D eigenvalue weighted by Gasteiger charge is -2.40. The van der Waals surface area contributed by atoms with Gasteiger partial charge in [-0.3, -0.25) is 4.79 Å². The molecule has 0 aromatic carbocycles. The quantitative estimate of drug-likeness (QED) is 0.840. The highest BCUT2D eigenvalue weighted by atomic mass is 16.2. The molecule has 0 bridgehead atoms.